The lowest BCUT2D eigenvalue weighted by molar-refractivity contribution is 0.411. The van der Waals surface area contributed by atoms with Gasteiger partial charge in [0.05, 0.1) is 24.6 Å². The summed E-state index contributed by atoms with van der Waals surface area (Å²) in [6.07, 6.45) is 4.83. The molecule has 2 N–H and O–H groups in total. The second-order valence-electron chi connectivity index (χ2n) is 3.98. The molecule has 0 amide bonds. The summed E-state index contributed by atoms with van der Waals surface area (Å²) in [6, 6.07) is 1.58. The van der Waals surface area contributed by atoms with Crippen LogP contribution >= 0.6 is 0 Å². The van der Waals surface area contributed by atoms with Crippen molar-refractivity contribution in [2.45, 2.75) is 24.8 Å². The van der Waals surface area contributed by atoms with Gasteiger partial charge in [0.25, 0.3) is 0 Å². The van der Waals surface area contributed by atoms with Crippen LogP contribution in [0.1, 0.15) is 19.0 Å². The zero-order chi connectivity index (χ0) is 14.4. The van der Waals surface area contributed by atoms with Crippen LogP contribution in [0.3, 0.4) is 0 Å². The van der Waals surface area contributed by atoms with E-state index in [-0.39, 0.29) is 11.4 Å². The Labute approximate surface area is 116 Å². The van der Waals surface area contributed by atoms with E-state index in [9.17, 15) is 8.42 Å². The molecule has 0 unspecified atom stereocenters. The van der Waals surface area contributed by atoms with E-state index in [0.29, 0.717) is 11.6 Å². The Balaban J connectivity index is 2.01. The number of hydrogen-bond acceptors (Lipinski definition) is 7. The standard InChI is InChI=1S/C11H15N5O3S/c1-2-4-12-11-13-7-10(8-14-11)20(17,18)15-6-9-3-5-19-16-9/h3,5,7-8,15H,2,4,6H2,1H3,(H,12,13,14). The fraction of sp³-hybridized carbons (Fsp3) is 0.364. The van der Waals surface area contributed by atoms with Crippen molar-refractivity contribution >= 4 is 16.0 Å². The van der Waals surface area contributed by atoms with E-state index >= 15 is 0 Å². The Bertz CT molecular complexity index is 625. The molecule has 8 nitrogen and oxygen atoms in total. The third-order valence-electron chi connectivity index (χ3n) is 2.41. The predicted molar refractivity (Wildman–Crippen MR) is 71.3 cm³/mol. The molecule has 2 rings (SSSR count). The molecule has 0 bridgehead atoms. The second kappa shape index (κ2) is 6.44. The number of rotatable bonds is 7. The maximum Gasteiger partial charge on any atom is 0.244 e. The van der Waals surface area contributed by atoms with E-state index in [1.54, 1.807) is 6.07 Å². The minimum Gasteiger partial charge on any atom is -0.364 e. The normalized spacial score (nSPS) is 11.4. The smallest absolute Gasteiger partial charge is 0.244 e. The van der Waals surface area contributed by atoms with Gasteiger partial charge >= 0.3 is 0 Å². The molecule has 0 radical (unpaired) electrons. The molecule has 0 aliphatic carbocycles. The zero-order valence-electron chi connectivity index (χ0n) is 10.9. The van der Waals surface area contributed by atoms with Gasteiger partial charge in [-0.2, -0.15) is 0 Å². The average Bonchev–Trinajstić information content (AvgIpc) is 2.97. The molecule has 2 aromatic rings. The number of aromatic nitrogens is 3. The van der Waals surface area contributed by atoms with E-state index in [2.05, 4.69) is 29.7 Å². The summed E-state index contributed by atoms with van der Waals surface area (Å²) < 4.78 is 31.0. The molecule has 0 saturated carbocycles. The first kappa shape index (κ1) is 14.4. The molecule has 9 heteroatoms. The maximum atomic E-state index is 12.0. The topological polar surface area (TPSA) is 110 Å². The van der Waals surface area contributed by atoms with Crippen molar-refractivity contribution in [3.8, 4) is 0 Å². The first-order valence-electron chi connectivity index (χ1n) is 6.06. The van der Waals surface area contributed by atoms with Gasteiger partial charge in [-0.05, 0) is 6.42 Å². The van der Waals surface area contributed by atoms with Crippen LogP contribution in [0.25, 0.3) is 0 Å². The van der Waals surface area contributed by atoms with Gasteiger partial charge in [0.2, 0.25) is 16.0 Å². The Morgan fingerprint density at radius 2 is 2.05 bits per heavy atom. The summed E-state index contributed by atoms with van der Waals surface area (Å²) >= 11 is 0. The van der Waals surface area contributed by atoms with Crippen molar-refractivity contribution in [3.63, 3.8) is 0 Å². The van der Waals surface area contributed by atoms with Gasteiger partial charge in [0.15, 0.2) is 0 Å². The molecule has 0 aromatic carbocycles. The zero-order valence-corrected chi connectivity index (χ0v) is 11.7. The molecule has 0 aliphatic heterocycles. The Morgan fingerprint density at radius 1 is 1.30 bits per heavy atom. The van der Waals surface area contributed by atoms with E-state index in [1.165, 1.54) is 18.7 Å². The minimum absolute atomic E-state index is 0.00282. The Hall–Kier alpha value is -2.00. The van der Waals surface area contributed by atoms with Gasteiger partial charge in [0.1, 0.15) is 11.2 Å². The summed E-state index contributed by atoms with van der Waals surface area (Å²) in [5.41, 5.74) is 0.496. The fourth-order valence-electron chi connectivity index (χ4n) is 1.36. The molecule has 108 valence electrons. The summed E-state index contributed by atoms with van der Waals surface area (Å²) in [5, 5.41) is 6.59. The van der Waals surface area contributed by atoms with E-state index < -0.39 is 10.0 Å². The van der Waals surface area contributed by atoms with Crippen LogP contribution in [-0.2, 0) is 16.6 Å². The molecule has 0 aliphatic rings. The van der Waals surface area contributed by atoms with Crippen LogP contribution < -0.4 is 10.0 Å². The number of sulfonamides is 1. The van der Waals surface area contributed by atoms with Crippen LogP contribution in [-0.4, -0.2) is 30.1 Å². The first-order valence-corrected chi connectivity index (χ1v) is 7.55. The lowest BCUT2D eigenvalue weighted by Gasteiger charge is -2.06. The molecular formula is C11H15N5O3S. The maximum absolute atomic E-state index is 12.0. The van der Waals surface area contributed by atoms with Crippen molar-refractivity contribution < 1.29 is 12.9 Å². The summed E-state index contributed by atoms with van der Waals surface area (Å²) in [5.74, 6) is 0.405. The highest BCUT2D eigenvalue weighted by Gasteiger charge is 2.15. The van der Waals surface area contributed by atoms with Crippen molar-refractivity contribution in [1.82, 2.24) is 19.8 Å². The van der Waals surface area contributed by atoms with Gasteiger partial charge in [-0.3, -0.25) is 0 Å². The highest BCUT2D eigenvalue weighted by Crippen LogP contribution is 2.08. The van der Waals surface area contributed by atoms with E-state index in [0.717, 1.165) is 13.0 Å². The predicted octanol–water partition coefficient (Wildman–Crippen LogP) is 0.765. The molecule has 0 spiro atoms. The second-order valence-corrected chi connectivity index (χ2v) is 5.75. The Morgan fingerprint density at radius 3 is 2.65 bits per heavy atom. The number of anilines is 1. The highest BCUT2D eigenvalue weighted by molar-refractivity contribution is 7.89. The Kier molecular flexibility index (Phi) is 4.64. The highest BCUT2D eigenvalue weighted by atomic mass is 32.2. The molecular weight excluding hydrogens is 282 g/mol. The lowest BCUT2D eigenvalue weighted by Crippen LogP contribution is -2.23. The summed E-state index contributed by atoms with van der Waals surface area (Å²) in [7, 11) is -3.66. The van der Waals surface area contributed by atoms with Crippen LogP contribution in [0.5, 0.6) is 0 Å². The van der Waals surface area contributed by atoms with Gasteiger partial charge < -0.3 is 9.84 Å². The van der Waals surface area contributed by atoms with Crippen LogP contribution in [0.4, 0.5) is 5.95 Å². The van der Waals surface area contributed by atoms with Crippen LogP contribution in [0.15, 0.2) is 34.1 Å². The summed E-state index contributed by atoms with van der Waals surface area (Å²) in [6.45, 7) is 2.80. The van der Waals surface area contributed by atoms with Crippen LogP contribution in [0.2, 0.25) is 0 Å². The monoisotopic (exact) mass is 297 g/mol. The van der Waals surface area contributed by atoms with Crippen molar-refractivity contribution in [2.24, 2.45) is 0 Å². The third-order valence-corrected chi connectivity index (χ3v) is 3.76. The molecule has 0 saturated heterocycles. The fourth-order valence-corrected chi connectivity index (χ4v) is 2.25. The number of hydrogen-bond donors (Lipinski definition) is 2. The van der Waals surface area contributed by atoms with Gasteiger partial charge in [-0.25, -0.2) is 23.1 Å². The average molecular weight is 297 g/mol. The van der Waals surface area contributed by atoms with Crippen molar-refractivity contribution in [1.29, 1.82) is 0 Å². The quantitative estimate of drug-likeness (QED) is 0.776. The molecule has 20 heavy (non-hydrogen) atoms. The molecule has 2 aromatic heterocycles. The SMILES string of the molecule is CCCNc1ncc(S(=O)(=O)NCc2ccon2)cn1. The minimum atomic E-state index is -3.66. The number of nitrogens with zero attached hydrogens (tertiary/aromatic N) is 3. The molecule has 0 fully saturated rings. The number of nitrogens with one attached hydrogen (secondary N) is 2. The molecule has 2 heterocycles. The van der Waals surface area contributed by atoms with Gasteiger partial charge in [-0.1, -0.05) is 12.1 Å². The third kappa shape index (κ3) is 3.75. The largest absolute Gasteiger partial charge is 0.364 e. The van der Waals surface area contributed by atoms with Crippen molar-refractivity contribution in [2.75, 3.05) is 11.9 Å². The van der Waals surface area contributed by atoms with Gasteiger partial charge in [-0.15, -0.1) is 0 Å². The van der Waals surface area contributed by atoms with E-state index in [4.69, 9.17) is 0 Å². The molecule has 0 atom stereocenters. The van der Waals surface area contributed by atoms with E-state index in [1.807, 2.05) is 6.92 Å². The first-order chi connectivity index (χ1) is 9.62. The van der Waals surface area contributed by atoms with Gasteiger partial charge in [0, 0.05) is 12.6 Å². The van der Waals surface area contributed by atoms with Crippen LogP contribution in [0, 0.1) is 0 Å². The lowest BCUT2D eigenvalue weighted by atomic mass is 10.5. The van der Waals surface area contributed by atoms with Crippen molar-refractivity contribution in [3.05, 3.63) is 30.4 Å². The summed E-state index contributed by atoms with van der Waals surface area (Å²) in [4.78, 5) is 7.91.